The van der Waals surface area contributed by atoms with Crippen LogP contribution >= 0.6 is 0 Å². The average molecular weight is 403 g/mol. The van der Waals surface area contributed by atoms with Gasteiger partial charge in [0.2, 0.25) is 0 Å². The minimum absolute atomic E-state index is 0.0448. The zero-order chi connectivity index (χ0) is 20.9. The molecule has 4 rings (SSSR count). The smallest absolute Gasteiger partial charge is 0.253 e. The van der Waals surface area contributed by atoms with E-state index in [1.165, 1.54) is 0 Å². The molecule has 0 N–H and O–H groups in total. The molecule has 1 fully saturated rings. The molecule has 1 aromatic carbocycles. The van der Waals surface area contributed by atoms with Gasteiger partial charge in [-0.2, -0.15) is 0 Å². The summed E-state index contributed by atoms with van der Waals surface area (Å²) < 4.78 is 5.17. The highest BCUT2D eigenvalue weighted by atomic mass is 16.5. The molecule has 0 atom stereocenters. The molecule has 154 valence electrons. The number of anilines is 1. The quantitative estimate of drug-likeness (QED) is 0.652. The first-order valence-electron chi connectivity index (χ1n) is 10.2. The van der Waals surface area contributed by atoms with Crippen LogP contribution in [0.1, 0.15) is 23.0 Å². The van der Waals surface area contributed by atoms with Gasteiger partial charge in [0.1, 0.15) is 17.3 Å². The van der Waals surface area contributed by atoms with Crippen LogP contribution in [-0.2, 0) is 6.42 Å². The highest BCUT2D eigenvalue weighted by molar-refractivity contribution is 5.94. The van der Waals surface area contributed by atoms with E-state index >= 15 is 0 Å². The van der Waals surface area contributed by atoms with Crippen molar-refractivity contribution >= 4 is 11.7 Å². The fourth-order valence-corrected chi connectivity index (χ4v) is 3.49. The van der Waals surface area contributed by atoms with Gasteiger partial charge in [-0.3, -0.25) is 9.78 Å². The number of benzene rings is 1. The van der Waals surface area contributed by atoms with E-state index in [4.69, 9.17) is 9.72 Å². The molecule has 0 spiro atoms. The van der Waals surface area contributed by atoms with Crippen LogP contribution in [0.5, 0.6) is 5.75 Å². The summed E-state index contributed by atoms with van der Waals surface area (Å²) in [5.74, 6) is 2.32. The van der Waals surface area contributed by atoms with Gasteiger partial charge in [-0.1, -0.05) is 13.0 Å². The molecule has 30 heavy (non-hydrogen) atoms. The van der Waals surface area contributed by atoms with Crippen molar-refractivity contribution in [1.82, 2.24) is 19.9 Å². The van der Waals surface area contributed by atoms with Gasteiger partial charge in [0.25, 0.3) is 5.91 Å². The lowest BCUT2D eigenvalue weighted by Crippen LogP contribution is -2.49. The lowest BCUT2D eigenvalue weighted by Gasteiger charge is -2.35. The number of piperazine rings is 1. The zero-order valence-corrected chi connectivity index (χ0v) is 17.3. The van der Waals surface area contributed by atoms with E-state index in [2.05, 4.69) is 21.8 Å². The standard InChI is InChI=1S/C23H25N5O2/c1-3-18-16-21(26-22(25-18)20-6-4-5-11-24-20)27-12-14-28(15-13-27)23(29)17-7-9-19(30-2)10-8-17/h4-11,16H,3,12-15H2,1-2H3. The van der Waals surface area contributed by atoms with E-state index in [1.807, 2.05) is 53.4 Å². The zero-order valence-electron chi connectivity index (χ0n) is 17.3. The first-order valence-corrected chi connectivity index (χ1v) is 10.2. The number of aromatic nitrogens is 3. The second-order valence-corrected chi connectivity index (χ2v) is 7.12. The van der Waals surface area contributed by atoms with Crippen LogP contribution in [0.4, 0.5) is 5.82 Å². The SMILES string of the molecule is CCc1cc(N2CCN(C(=O)c3ccc(OC)cc3)CC2)nc(-c2ccccn2)n1. The van der Waals surface area contributed by atoms with Crippen LogP contribution in [-0.4, -0.2) is 59.0 Å². The third-order valence-electron chi connectivity index (χ3n) is 5.25. The third-order valence-corrected chi connectivity index (χ3v) is 5.25. The number of methoxy groups -OCH3 is 1. The van der Waals surface area contributed by atoms with Crippen molar-refractivity contribution in [2.24, 2.45) is 0 Å². The first kappa shape index (κ1) is 19.8. The van der Waals surface area contributed by atoms with Crippen LogP contribution in [0, 0.1) is 0 Å². The van der Waals surface area contributed by atoms with Gasteiger partial charge < -0.3 is 14.5 Å². The van der Waals surface area contributed by atoms with Crippen molar-refractivity contribution in [3.05, 3.63) is 66.0 Å². The van der Waals surface area contributed by atoms with E-state index in [-0.39, 0.29) is 5.91 Å². The predicted molar refractivity (Wildman–Crippen MR) is 116 cm³/mol. The molecule has 2 aromatic heterocycles. The molecule has 1 amide bonds. The van der Waals surface area contributed by atoms with E-state index in [1.54, 1.807) is 13.3 Å². The lowest BCUT2D eigenvalue weighted by molar-refractivity contribution is 0.0746. The number of carbonyl (C=O) groups is 1. The number of ether oxygens (including phenoxy) is 1. The van der Waals surface area contributed by atoms with Crippen LogP contribution in [0.25, 0.3) is 11.5 Å². The monoisotopic (exact) mass is 403 g/mol. The number of amides is 1. The van der Waals surface area contributed by atoms with Crippen LogP contribution in [0.3, 0.4) is 0 Å². The Morgan fingerprint density at radius 1 is 1.03 bits per heavy atom. The van der Waals surface area contributed by atoms with Gasteiger partial charge >= 0.3 is 0 Å². The summed E-state index contributed by atoms with van der Waals surface area (Å²) in [5.41, 5.74) is 2.43. The summed E-state index contributed by atoms with van der Waals surface area (Å²) in [5, 5.41) is 0. The molecule has 3 aromatic rings. The number of carbonyl (C=O) groups excluding carboxylic acids is 1. The maximum Gasteiger partial charge on any atom is 0.253 e. The Morgan fingerprint density at radius 2 is 1.80 bits per heavy atom. The third kappa shape index (κ3) is 4.25. The molecule has 1 saturated heterocycles. The number of hydrogen-bond acceptors (Lipinski definition) is 6. The van der Waals surface area contributed by atoms with Crippen LogP contribution < -0.4 is 9.64 Å². The highest BCUT2D eigenvalue weighted by Gasteiger charge is 2.23. The fraction of sp³-hybridized carbons (Fsp3) is 0.304. The van der Waals surface area contributed by atoms with E-state index in [0.29, 0.717) is 24.5 Å². The van der Waals surface area contributed by atoms with Gasteiger partial charge in [-0.25, -0.2) is 9.97 Å². The topological polar surface area (TPSA) is 71.5 Å². The van der Waals surface area contributed by atoms with E-state index in [0.717, 1.165) is 42.5 Å². The molecule has 0 saturated carbocycles. The first-order chi connectivity index (χ1) is 14.7. The van der Waals surface area contributed by atoms with Crippen molar-refractivity contribution in [3.8, 4) is 17.3 Å². The summed E-state index contributed by atoms with van der Waals surface area (Å²) in [6.45, 7) is 4.83. The minimum Gasteiger partial charge on any atom is -0.497 e. The van der Waals surface area contributed by atoms with Crippen molar-refractivity contribution in [2.75, 3.05) is 38.2 Å². The molecular weight excluding hydrogens is 378 g/mol. The van der Waals surface area contributed by atoms with Crippen molar-refractivity contribution in [3.63, 3.8) is 0 Å². The largest absolute Gasteiger partial charge is 0.497 e. The molecular formula is C23H25N5O2. The van der Waals surface area contributed by atoms with Gasteiger partial charge in [0.05, 0.1) is 7.11 Å². The molecule has 1 aliphatic heterocycles. The maximum atomic E-state index is 12.8. The summed E-state index contributed by atoms with van der Waals surface area (Å²) in [6, 6.07) is 15.0. The van der Waals surface area contributed by atoms with E-state index < -0.39 is 0 Å². The highest BCUT2D eigenvalue weighted by Crippen LogP contribution is 2.21. The Hall–Kier alpha value is -3.48. The molecule has 7 nitrogen and oxygen atoms in total. The summed E-state index contributed by atoms with van der Waals surface area (Å²) in [4.78, 5) is 30.7. The molecule has 0 unspecified atom stereocenters. The average Bonchev–Trinajstić information content (AvgIpc) is 2.84. The van der Waals surface area contributed by atoms with Gasteiger partial charge in [-0.15, -0.1) is 0 Å². The molecule has 7 heteroatoms. The van der Waals surface area contributed by atoms with Crippen molar-refractivity contribution < 1.29 is 9.53 Å². The lowest BCUT2D eigenvalue weighted by atomic mass is 10.1. The molecule has 3 heterocycles. The van der Waals surface area contributed by atoms with Crippen molar-refractivity contribution in [2.45, 2.75) is 13.3 Å². The number of aryl methyl sites for hydroxylation is 1. The van der Waals surface area contributed by atoms with Gasteiger partial charge in [0.15, 0.2) is 5.82 Å². The molecule has 1 aliphatic rings. The second kappa shape index (κ2) is 8.90. The number of pyridine rings is 1. The normalized spacial score (nSPS) is 13.9. The van der Waals surface area contributed by atoms with Gasteiger partial charge in [-0.05, 0) is 42.8 Å². The molecule has 0 bridgehead atoms. The fourth-order valence-electron chi connectivity index (χ4n) is 3.49. The number of hydrogen-bond donors (Lipinski definition) is 0. The van der Waals surface area contributed by atoms with Crippen molar-refractivity contribution in [1.29, 1.82) is 0 Å². The maximum absolute atomic E-state index is 12.8. The Morgan fingerprint density at radius 3 is 2.43 bits per heavy atom. The predicted octanol–water partition coefficient (Wildman–Crippen LogP) is 3.07. The Kier molecular flexibility index (Phi) is 5.88. The number of rotatable bonds is 5. The minimum atomic E-state index is 0.0448. The Bertz CT molecular complexity index is 1000. The van der Waals surface area contributed by atoms with Gasteiger partial charge in [0, 0.05) is 49.7 Å². The molecule has 0 aliphatic carbocycles. The molecule has 0 radical (unpaired) electrons. The Balaban J connectivity index is 1.47. The summed E-state index contributed by atoms with van der Waals surface area (Å²) >= 11 is 0. The summed E-state index contributed by atoms with van der Waals surface area (Å²) in [6.07, 6.45) is 2.58. The number of nitrogens with zero attached hydrogens (tertiary/aromatic N) is 5. The summed E-state index contributed by atoms with van der Waals surface area (Å²) in [7, 11) is 1.62. The van der Waals surface area contributed by atoms with Crippen LogP contribution in [0.15, 0.2) is 54.7 Å². The van der Waals surface area contributed by atoms with E-state index in [9.17, 15) is 4.79 Å². The second-order valence-electron chi connectivity index (χ2n) is 7.12. The van der Waals surface area contributed by atoms with Crippen LogP contribution in [0.2, 0.25) is 0 Å². The Labute approximate surface area is 176 Å².